The number of amides is 1. The van der Waals surface area contributed by atoms with E-state index in [0.29, 0.717) is 31.0 Å². The van der Waals surface area contributed by atoms with E-state index < -0.39 is 0 Å². The molecule has 2 saturated heterocycles. The molecular weight excluding hydrogens is 314 g/mol. The zero-order chi connectivity index (χ0) is 15.8. The van der Waals surface area contributed by atoms with E-state index in [9.17, 15) is 4.79 Å². The standard InChI is InChI=1S/C18H22ClNO3/c19-16-4-2-1-3-13(16)14-11-15(14)17(21)20-7-5-12(6-8-20)18-22-9-10-23-18/h1-4,12,14-15,18H,5-11H2. The summed E-state index contributed by atoms with van der Waals surface area (Å²) in [6.45, 7) is 3.04. The SMILES string of the molecule is O=C(C1CC1c1ccccc1Cl)N1CCC(C2OCCO2)CC1. The van der Waals surface area contributed by atoms with Gasteiger partial charge in [0.15, 0.2) is 6.29 Å². The topological polar surface area (TPSA) is 38.8 Å². The van der Waals surface area contributed by atoms with Crippen LogP contribution in [-0.2, 0) is 14.3 Å². The lowest BCUT2D eigenvalue weighted by Gasteiger charge is -2.34. The van der Waals surface area contributed by atoms with Gasteiger partial charge in [0.1, 0.15) is 0 Å². The van der Waals surface area contributed by atoms with Crippen LogP contribution < -0.4 is 0 Å². The zero-order valence-corrected chi connectivity index (χ0v) is 13.9. The first-order chi connectivity index (χ1) is 11.2. The van der Waals surface area contributed by atoms with E-state index in [1.807, 2.05) is 29.2 Å². The van der Waals surface area contributed by atoms with Crippen LogP contribution in [0.25, 0.3) is 0 Å². The molecule has 1 saturated carbocycles. The third-order valence-corrected chi connectivity index (χ3v) is 5.64. The van der Waals surface area contributed by atoms with Gasteiger partial charge in [0, 0.05) is 29.9 Å². The lowest BCUT2D eigenvalue weighted by Crippen LogP contribution is -2.42. The van der Waals surface area contributed by atoms with Crippen molar-refractivity contribution in [3.63, 3.8) is 0 Å². The molecule has 3 fully saturated rings. The minimum absolute atomic E-state index is 0.0518. The van der Waals surface area contributed by atoms with Crippen LogP contribution in [0.5, 0.6) is 0 Å². The van der Waals surface area contributed by atoms with Crippen molar-refractivity contribution in [1.29, 1.82) is 0 Å². The lowest BCUT2D eigenvalue weighted by molar-refractivity contribution is -0.138. The van der Waals surface area contributed by atoms with Crippen molar-refractivity contribution in [3.05, 3.63) is 34.9 Å². The number of hydrogen-bond acceptors (Lipinski definition) is 3. The number of benzene rings is 1. The van der Waals surface area contributed by atoms with Crippen molar-refractivity contribution in [2.45, 2.75) is 31.5 Å². The fourth-order valence-corrected chi connectivity index (χ4v) is 4.14. The highest BCUT2D eigenvalue weighted by atomic mass is 35.5. The third-order valence-electron chi connectivity index (χ3n) is 5.30. The average Bonchev–Trinajstić information content (AvgIpc) is 3.18. The van der Waals surface area contributed by atoms with Gasteiger partial charge in [0.2, 0.25) is 5.91 Å². The highest BCUT2D eigenvalue weighted by molar-refractivity contribution is 6.31. The van der Waals surface area contributed by atoms with E-state index >= 15 is 0 Å². The maximum atomic E-state index is 12.7. The Morgan fingerprint density at radius 2 is 1.83 bits per heavy atom. The number of carbonyl (C=O) groups excluding carboxylic acids is 1. The summed E-state index contributed by atoms with van der Waals surface area (Å²) < 4.78 is 11.2. The van der Waals surface area contributed by atoms with Gasteiger partial charge in [-0.15, -0.1) is 0 Å². The van der Waals surface area contributed by atoms with Crippen LogP contribution in [0.1, 0.15) is 30.7 Å². The maximum Gasteiger partial charge on any atom is 0.226 e. The molecule has 1 aromatic rings. The molecule has 1 aromatic carbocycles. The molecule has 2 atom stereocenters. The molecule has 1 aliphatic carbocycles. The van der Waals surface area contributed by atoms with Gasteiger partial charge in [-0.3, -0.25) is 4.79 Å². The summed E-state index contributed by atoms with van der Waals surface area (Å²) in [5.41, 5.74) is 1.12. The summed E-state index contributed by atoms with van der Waals surface area (Å²) in [6, 6.07) is 7.88. The first kappa shape index (κ1) is 15.4. The van der Waals surface area contributed by atoms with Gasteiger partial charge in [-0.2, -0.15) is 0 Å². The molecule has 1 amide bonds. The molecular formula is C18H22ClNO3. The van der Waals surface area contributed by atoms with E-state index in [2.05, 4.69) is 0 Å². The van der Waals surface area contributed by atoms with Crippen molar-refractivity contribution >= 4 is 17.5 Å². The third kappa shape index (κ3) is 3.12. The summed E-state index contributed by atoms with van der Waals surface area (Å²) in [4.78, 5) is 14.7. The Morgan fingerprint density at radius 1 is 1.13 bits per heavy atom. The molecule has 0 aromatic heterocycles. The van der Waals surface area contributed by atoms with Gasteiger partial charge < -0.3 is 14.4 Å². The van der Waals surface area contributed by atoms with Crippen molar-refractivity contribution in [2.75, 3.05) is 26.3 Å². The van der Waals surface area contributed by atoms with Crippen LogP contribution in [0.2, 0.25) is 5.02 Å². The van der Waals surface area contributed by atoms with Crippen LogP contribution >= 0.6 is 11.6 Å². The van der Waals surface area contributed by atoms with E-state index in [4.69, 9.17) is 21.1 Å². The fourth-order valence-electron chi connectivity index (χ4n) is 3.86. The average molecular weight is 336 g/mol. The molecule has 124 valence electrons. The molecule has 0 bridgehead atoms. The van der Waals surface area contributed by atoms with Crippen molar-refractivity contribution in [2.24, 2.45) is 11.8 Å². The van der Waals surface area contributed by atoms with Crippen LogP contribution in [-0.4, -0.2) is 43.4 Å². The Morgan fingerprint density at radius 3 is 2.52 bits per heavy atom. The molecule has 0 radical (unpaired) electrons. The summed E-state index contributed by atoms with van der Waals surface area (Å²) in [5, 5.41) is 0.780. The van der Waals surface area contributed by atoms with Gasteiger partial charge in [-0.25, -0.2) is 0 Å². The number of rotatable bonds is 3. The highest BCUT2D eigenvalue weighted by Gasteiger charge is 2.47. The van der Waals surface area contributed by atoms with Gasteiger partial charge >= 0.3 is 0 Å². The van der Waals surface area contributed by atoms with Crippen LogP contribution in [0.3, 0.4) is 0 Å². The predicted octanol–water partition coefficient (Wildman–Crippen LogP) is 3.06. The molecule has 2 heterocycles. The number of carbonyl (C=O) groups is 1. The molecule has 0 N–H and O–H groups in total. The Hall–Kier alpha value is -1.10. The predicted molar refractivity (Wildman–Crippen MR) is 87.3 cm³/mol. The highest BCUT2D eigenvalue weighted by Crippen LogP contribution is 2.50. The second-order valence-electron chi connectivity index (χ2n) is 6.74. The van der Waals surface area contributed by atoms with Gasteiger partial charge in [-0.05, 0) is 36.8 Å². The summed E-state index contributed by atoms with van der Waals surface area (Å²) in [6.07, 6.45) is 2.82. The van der Waals surface area contributed by atoms with Crippen molar-refractivity contribution in [3.8, 4) is 0 Å². The second kappa shape index (κ2) is 6.42. The van der Waals surface area contributed by atoms with Gasteiger partial charge in [-0.1, -0.05) is 29.8 Å². The molecule has 0 spiro atoms. The number of halogens is 1. The number of ether oxygens (including phenoxy) is 2. The molecule has 4 nitrogen and oxygen atoms in total. The molecule has 4 rings (SSSR count). The van der Waals surface area contributed by atoms with Gasteiger partial charge in [0.05, 0.1) is 13.2 Å². The largest absolute Gasteiger partial charge is 0.350 e. The van der Waals surface area contributed by atoms with E-state index in [1.54, 1.807) is 0 Å². The normalized spacial score (nSPS) is 29.0. The minimum Gasteiger partial charge on any atom is -0.350 e. The molecule has 5 heteroatoms. The van der Waals surface area contributed by atoms with Crippen LogP contribution in [0.15, 0.2) is 24.3 Å². The number of nitrogens with zero attached hydrogens (tertiary/aromatic N) is 1. The Labute approximate surface area is 141 Å². The fraction of sp³-hybridized carbons (Fsp3) is 0.611. The monoisotopic (exact) mass is 335 g/mol. The van der Waals surface area contributed by atoms with E-state index in [0.717, 1.165) is 42.9 Å². The first-order valence-corrected chi connectivity index (χ1v) is 8.88. The lowest BCUT2D eigenvalue weighted by atomic mass is 9.95. The summed E-state index contributed by atoms with van der Waals surface area (Å²) in [5.74, 6) is 1.14. The van der Waals surface area contributed by atoms with Crippen LogP contribution in [0.4, 0.5) is 0 Å². The summed E-state index contributed by atoms with van der Waals surface area (Å²) >= 11 is 6.25. The molecule has 3 aliphatic rings. The quantitative estimate of drug-likeness (QED) is 0.852. The van der Waals surface area contributed by atoms with E-state index in [1.165, 1.54) is 0 Å². The Bertz CT molecular complexity index is 579. The zero-order valence-electron chi connectivity index (χ0n) is 13.1. The maximum absolute atomic E-state index is 12.7. The first-order valence-electron chi connectivity index (χ1n) is 8.50. The van der Waals surface area contributed by atoms with E-state index in [-0.39, 0.29) is 12.2 Å². The molecule has 23 heavy (non-hydrogen) atoms. The minimum atomic E-state index is -0.0518. The summed E-state index contributed by atoms with van der Waals surface area (Å²) in [7, 11) is 0. The number of likely N-dealkylation sites (tertiary alicyclic amines) is 1. The molecule has 2 aliphatic heterocycles. The Balaban J connectivity index is 1.32. The smallest absolute Gasteiger partial charge is 0.226 e. The van der Waals surface area contributed by atoms with Gasteiger partial charge in [0.25, 0.3) is 0 Å². The van der Waals surface area contributed by atoms with Crippen LogP contribution in [0, 0.1) is 11.8 Å². The number of hydrogen-bond donors (Lipinski definition) is 0. The Kier molecular flexibility index (Phi) is 4.31. The van der Waals surface area contributed by atoms with Crippen molar-refractivity contribution < 1.29 is 14.3 Å². The number of piperidine rings is 1. The molecule has 2 unspecified atom stereocenters. The van der Waals surface area contributed by atoms with Crippen molar-refractivity contribution in [1.82, 2.24) is 4.90 Å². The second-order valence-corrected chi connectivity index (χ2v) is 7.15.